The number of hydrogen-bond acceptors (Lipinski definition) is 6. The molecule has 1 N–H and O–H groups in total. The Labute approximate surface area is 167 Å². The third-order valence-electron chi connectivity index (χ3n) is 4.91. The van der Waals surface area contributed by atoms with E-state index in [9.17, 15) is 13.2 Å². The molecule has 0 bridgehead atoms. The van der Waals surface area contributed by atoms with Crippen LogP contribution < -0.4 is 5.32 Å². The van der Waals surface area contributed by atoms with Crippen LogP contribution in [0.15, 0.2) is 47.4 Å². The summed E-state index contributed by atoms with van der Waals surface area (Å²) in [7, 11) is -3.88. The number of nitrogens with zero attached hydrogens (tertiary/aromatic N) is 3. The number of anilines is 1. The summed E-state index contributed by atoms with van der Waals surface area (Å²) in [5, 5.41) is 2.85. The summed E-state index contributed by atoms with van der Waals surface area (Å²) in [5.41, 5.74) is 2.65. The zero-order chi connectivity index (χ0) is 19.7. The van der Waals surface area contributed by atoms with E-state index in [-0.39, 0.29) is 10.8 Å². The molecule has 28 heavy (non-hydrogen) atoms. The molecule has 9 heteroatoms. The Kier molecular flexibility index (Phi) is 5.13. The molecule has 1 fully saturated rings. The van der Waals surface area contributed by atoms with Crippen LogP contribution in [0.4, 0.5) is 5.69 Å². The van der Waals surface area contributed by atoms with Crippen LogP contribution in [-0.4, -0.2) is 40.0 Å². The maximum absolute atomic E-state index is 13.4. The summed E-state index contributed by atoms with van der Waals surface area (Å²) >= 11 is 0.978. The third-order valence-corrected chi connectivity index (χ3v) is 7.39. The number of aryl methyl sites for hydroxylation is 1. The summed E-state index contributed by atoms with van der Waals surface area (Å²) in [4.78, 5) is 13.0. The maximum Gasteiger partial charge on any atom is 0.246 e. The van der Waals surface area contributed by atoms with Crippen molar-refractivity contribution >= 4 is 44.4 Å². The van der Waals surface area contributed by atoms with E-state index in [0.29, 0.717) is 29.7 Å². The maximum atomic E-state index is 13.4. The normalized spacial score (nSPS) is 18.2. The highest BCUT2D eigenvalue weighted by Crippen LogP contribution is 2.30. The summed E-state index contributed by atoms with van der Waals surface area (Å²) in [6.45, 7) is 2.28. The molecule has 0 saturated carbocycles. The first kappa shape index (κ1) is 19.0. The van der Waals surface area contributed by atoms with E-state index in [1.54, 1.807) is 12.1 Å². The van der Waals surface area contributed by atoms with Crippen molar-refractivity contribution in [3.8, 4) is 0 Å². The number of amides is 1. The molecule has 1 saturated heterocycles. The molecule has 4 rings (SSSR count). The fraction of sp³-hybridized carbons (Fsp3) is 0.316. The molecule has 3 aromatic rings. The van der Waals surface area contributed by atoms with Crippen molar-refractivity contribution in [2.75, 3.05) is 11.9 Å². The number of piperidine rings is 1. The van der Waals surface area contributed by atoms with Crippen LogP contribution in [0, 0.1) is 6.92 Å². The summed E-state index contributed by atoms with van der Waals surface area (Å²) in [6, 6.07) is 11.6. The highest BCUT2D eigenvalue weighted by Gasteiger charge is 2.38. The van der Waals surface area contributed by atoms with Gasteiger partial charge >= 0.3 is 0 Å². The van der Waals surface area contributed by atoms with Gasteiger partial charge in [0.2, 0.25) is 15.9 Å². The van der Waals surface area contributed by atoms with Gasteiger partial charge in [0, 0.05) is 12.2 Å². The van der Waals surface area contributed by atoms with E-state index >= 15 is 0 Å². The Morgan fingerprint density at radius 1 is 1.14 bits per heavy atom. The van der Waals surface area contributed by atoms with Gasteiger partial charge in [-0.2, -0.15) is 13.1 Å². The van der Waals surface area contributed by atoms with Crippen molar-refractivity contribution in [2.24, 2.45) is 0 Å². The van der Waals surface area contributed by atoms with Gasteiger partial charge in [0.1, 0.15) is 22.0 Å². The fourth-order valence-corrected chi connectivity index (χ4v) is 5.84. The number of nitrogens with one attached hydrogen (secondary N) is 1. The molecule has 1 atom stereocenters. The van der Waals surface area contributed by atoms with Gasteiger partial charge in [-0.3, -0.25) is 4.79 Å². The Balaban J connectivity index is 1.65. The van der Waals surface area contributed by atoms with Crippen LogP contribution in [0.2, 0.25) is 0 Å². The molecule has 7 nitrogen and oxygen atoms in total. The Morgan fingerprint density at radius 3 is 2.71 bits per heavy atom. The Hall–Kier alpha value is -2.36. The van der Waals surface area contributed by atoms with E-state index in [4.69, 9.17) is 0 Å². The van der Waals surface area contributed by atoms with Crippen LogP contribution in [0.3, 0.4) is 0 Å². The molecule has 1 aliphatic heterocycles. The number of rotatable bonds is 4. The number of carbonyl (C=O) groups is 1. The molecule has 1 amide bonds. The SMILES string of the molecule is Cc1ccc(NC(=O)C2CCCCN2S(=O)(=O)c2cccc3nsnc23)cc1. The number of hydrogen-bond donors (Lipinski definition) is 1. The van der Waals surface area contributed by atoms with Crippen LogP contribution in [-0.2, 0) is 14.8 Å². The number of carbonyl (C=O) groups excluding carboxylic acids is 1. The lowest BCUT2D eigenvalue weighted by Crippen LogP contribution is -2.49. The van der Waals surface area contributed by atoms with Crippen molar-refractivity contribution in [1.29, 1.82) is 0 Å². The van der Waals surface area contributed by atoms with Crippen molar-refractivity contribution < 1.29 is 13.2 Å². The standard InChI is InChI=1S/C19H20N4O3S2/c1-13-8-10-14(11-9-13)20-19(24)16-6-2-3-12-23(16)28(25,26)17-7-4-5-15-18(17)22-27-21-15/h4-5,7-11,16H,2-3,6,12H2,1H3,(H,20,24). The average Bonchev–Trinajstić information content (AvgIpc) is 3.18. The van der Waals surface area contributed by atoms with Crippen LogP contribution >= 0.6 is 11.7 Å². The van der Waals surface area contributed by atoms with Crippen LogP contribution in [0.1, 0.15) is 24.8 Å². The van der Waals surface area contributed by atoms with E-state index in [0.717, 1.165) is 30.1 Å². The van der Waals surface area contributed by atoms with Gasteiger partial charge < -0.3 is 5.32 Å². The first-order valence-electron chi connectivity index (χ1n) is 9.07. The second kappa shape index (κ2) is 7.57. The van der Waals surface area contributed by atoms with Crippen molar-refractivity contribution in [3.05, 3.63) is 48.0 Å². The largest absolute Gasteiger partial charge is 0.325 e. The van der Waals surface area contributed by atoms with Gasteiger partial charge in [-0.1, -0.05) is 30.2 Å². The molecule has 2 heterocycles. The van der Waals surface area contributed by atoms with E-state index < -0.39 is 16.1 Å². The summed E-state index contributed by atoms with van der Waals surface area (Å²) < 4.78 is 36.4. The van der Waals surface area contributed by atoms with Crippen LogP contribution in [0.25, 0.3) is 11.0 Å². The van der Waals surface area contributed by atoms with Gasteiger partial charge in [0.15, 0.2) is 0 Å². The molecule has 0 aliphatic carbocycles. The molecule has 1 aromatic heterocycles. The van der Waals surface area contributed by atoms with Crippen molar-refractivity contribution in [1.82, 2.24) is 13.1 Å². The van der Waals surface area contributed by atoms with Crippen molar-refractivity contribution in [3.63, 3.8) is 0 Å². The molecule has 0 radical (unpaired) electrons. The fourth-order valence-electron chi connectivity index (χ4n) is 3.43. The third kappa shape index (κ3) is 3.52. The lowest BCUT2D eigenvalue weighted by molar-refractivity contribution is -0.120. The zero-order valence-corrected chi connectivity index (χ0v) is 17.0. The Bertz CT molecular complexity index is 1110. The zero-order valence-electron chi connectivity index (χ0n) is 15.3. The lowest BCUT2D eigenvalue weighted by Gasteiger charge is -2.33. The van der Waals surface area contributed by atoms with Gasteiger partial charge in [-0.05, 0) is 44.0 Å². The number of fused-ring (bicyclic) bond motifs is 1. The highest BCUT2D eigenvalue weighted by atomic mass is 32.2. The van der Waals surface area contributed by atoms with E-state index in [1.807, 2.05) is 31.2 Å². The monoisotopic (exact) mass is 416 g/mol. The summed E-state index contributed by atoms with van der Waals surface area (Å²) in [6.07, 6.45) is 2.02. The first-order chi connectivity index (χ1) is 13.5. The smallest absolute Gasteiger partial charge is 0.246 e. The minimum Gasteiger partial charge on any atom is -0.325 e. The second-order valence-corrected chi connectivity index (χ2v) is 9.26. The lowest BCUT2D eigenvalue weighted by atomic mass is 10.0. The van der Waals surface area contributed by atoms with E-state index in [1.165, 1.54) is 10.4 Å². The van der Waals surface area contributed by atoms with Gasteiger partial charge in [0.05, 0.1) is 11.7 Å². The second-order valence-electron chi connectivity index (χ2n) is 6.87. The Morgan fingerprint density at radius 2 is 1.93 bits per heavy atom. The van der Waals surface area contributed by atoms with Gasteiger partial charge in [0.25, 0.3) is 0 Å². The van der Waals surface area contributed by atoms with Crippen molar-refractivity contribution in [2.45, 2.75) is 37.1 Å². The number of aromatic nitrogens is 2. The molecular formula is C19H20N4O3S2. The minimum atomic E-state index is -3.88. The molecular weight excluding hydrogens is 396 g/mol. The topological polar surface area (TPSA) is 92.3 Å². The van der Waals surface area contributed by atoms with Crippen LogP contribution in [0.5, 0.6) is 0 Å². The molecule has 0 spiro atoms. The molecule has 1 aliphatic rings. The predicted molar refractivity (Wildman–Crippen MR) is 109 cm³/mol. The van der Waals surface area contributed by atoms with E-state index in [2.05, 4.69) is 14.1 Å². The quantitative estimate of drug-likeness (QED) is 0.705. The number of benzene rings is 2. The highest BCUT2D eigenvalue weighted by molar-refractivity contribution is 7.89. The molecule has 1 unspecified atom stereocenters. The predicted octanol–water partition coefficient (Wildman–Crippen LogP) is 3.18. The molecule has 2 aromatic carbocycles. The van der Waals surface area contributed by atoms with Gasteiger partial charge in [-0.15, -0.1) is 0 Å². The summed E-state index contributed by atoms with van der Waals surface area (Å²) in [5.74, 6) is -0.310. The van der Waals surface area contributed by atoms with Gasteiger partial charge in [-0.25, -0.2) is 8.42 Å². The number of sulfonamides is 1. The minimum absolute atomic E-state index is 0.105. The average molecular weight is 417 g/mol. The first-order valence-corrected chi connectivity index (χ1v) is 11.2. The molecule has 146 valence electrons.